The van der Waals surface area contributed by atoms with E-state index in [0.29, 0.717) is 0 Å². The van der Waals surface area contributed by atoms with Crippen LogP contribution < -0.4 is 4.74 Å². The fourth-order valence-electron chi connectivity index (χ4n) is 1.71. The number of hydrogen-bond acceptors (Lipinski definition) is 6. The lowest BCUT2D eigenvalue weighted by Crippen LogP contribution is -2.05. The molecular weight excluding hydrogens is 264 g/mol. The summed E-state index contributed by atoms with van der Waals surface area (Å²) in [5.74, 6) is -1.50. The third kappa shape index (κ3) is 2.54. The molecule has 0 radical (unpaired) electrons. The largest absolute Gasteiger partial charge is 0.508 e. The average Bonchev–Trinajstić information content (AvgIpc) is 2.38. The summed E-state index contributed by atoms with van der Waals surface area (Å²) in [6.45, 7) is 0.127. The lowest BCUT2D eigenvalue weighted by atomic mass is 10.0. The van der Waals surface area contributed by atoms with Crippen molar-refractivity contribution in [1.29, 1.82) is 0 Å². The van der Waals surface area contributed by atoms with Gasteiger partial charge in [0, 0.05) is 12.1 Å². The topological polar surface area (TPSA) is 104 Å². The van der Waals surface area contributed by atoms with E-state index in [2.05, 4.69) is 4.74 Å². The first-order valence-corrected chi connectivity index (χ1v) is 5.53. The van der Waals surface area contributed by atoms with Gasteiger partial charge in [-0.15, -0.1) is 0 Å². The van der Waals surface area contributed by atoms with Crippen LogP contribution in [0.25, 0.3) is 0 Å². The van der Waals surface area contributed by atoms with Crippen LogP contribution in [-0.2, 0) is 4.79 Å². The third-order valence-corrected chi connectivity index (χ3v) is 2.61. The van der Waals surface area contributed by atoms with E-state index in [0.717, 1.165) is 12.1 Å². The fourth-order valence-corrected chi connectivity index (χ4v) is 1.71. The molecule has 2 aromatic carbocycles. The number of hydrogen-bond donors (Lipinski definition) is 3. The van der Waals surface area contributed by atoms with Crippen LogP contribution >= 0.6 is 0 Å². The highest BCUT2D eigenvalue weighted by molar-refractivity contribution is 6.12. The third-order valence-electron chi connectivity index (χ3n) is 2.61. The molecule has 6 nitrogen and oxygen atoms in total. The number of ketones is 1. The summed E-state index contributed by atoms with van der Waals surface area (Å²) in [7, 11) is 0. The summed E-state index contributed by atoms with van der Waals surface area (Å²) in [5.41, 5.74) is -0.0693. The molecule has 3 N–H and O–H groups in total. The monoisotopic (exact) mass is 274 g/mol. The van der Waals surface area contributed by atoms with Gasteiger partial charge in [0.2, 0.25) is 5.78 Å². The second kappa shape index (κ2) is 5.31. The van der Waals surface area contributed by atoms with Crippen LogP contribution in [0.3, 0.4) is 0 Å². The first kappa shape index (κ1) is 13.4. The van der Waals surface area contributed by atoms with E-state index in [9.17, 15) is 24.9 Å². The van der Waals surface area contributed by atoms with Crippen LogP contribution in [0.2, 0.25) is 0 Å². The molecule has 0 saturated heterocycles. The van der Waals surface area contributed by atoms with E-state index in [1.807, 2.05) is 0 Å². The maximum atomic E-state index is 12.3. The maximum Gasteiger partial charge on any atom is 0.298 e. The maximum absolute atomic E-state index is 12.3. The Morgan fingerprint density at radius 2 is 1.55 bits per heavy atom. The van der Waals surface area contributed by atoms with E-state index < -0.39 is 11.5 Å². The van der Waals surface area contributed by atoms with Crippen LogP contribution in [0.5, 0.6) is 23.0 Å². The summed E-state index contributed by atoms with van der Waals surface area (Å²) < 4.78 is 4.63. The molecule has 0 bridgehead atoms. The van der Waals surface area contributed by atoms with Crippen molar-refractivity contribution in [2.75, 3.05) is 0 Å². The highest BCUT2D eigenvalue weighted by Gasteiger charge is 2.19. The molecule has 2 aromatic rings. The number of aromatic hydroxyl groups is 3. The van der Waals surface area contributed by atoms with Crippen LogP contribution in [0.4, 0.5) is 0 Å². The van der Waals surface area contributed by atoms with Crippen molar-refractivity contribution in [2.24, 2.45) is 0 Å². The van der Waals surface area contributed by atoms with E-state index in [4.69, 9.17) is 0 Å². The molecule has 2 rings (SSSR count). The van der Waals surface area contributed by atoms with Gasteiger partial charge in [-0.1, -0.05) is 0 Å². The number of ether oxygens (including phenoxy) is 1. The van der Waals surface area contributed by atoms with Crippen molar-refractivity contribution < 1.29 is 29.6 Å². The number of rotatable bonds is 4. The Bertz CT molecular complexity index is 677. The number of phenols is 3. The highest BCUT2D eigenvalue weighted by Crippen LogP contribution is 2.30. The molecule has 0 amide bonds. The molecule has 6 heteroatoms. The van der Waals surface area contributed by atoms with Crippen LogP contribution in [0, 0.1) is 0 Å². The lowest BCUT2D eigenvalue weighted by Gasteiger charge is -2.08. The van der Waals surface area contributed by atoms with Gasteiger partial charge in [-0.05, 0) is 24.3 Å². The van der Waals surface area contributed by atoms with E-state index >= 15 is 0 Å². The van der Waals surface area contributed by atoms with Crippen LogP contribution in [-0.4, -0.2) is 27.6 Å². The quantitative estimate of drug-likeness (QED) is 0.577. The molecule has 0 aliphatic rings. The van der Waals surface area contributed by atoms with E-state index in [1.165, 1.54) is 24.3 Å². The van der Waals surface area contributed by atoms with Crippen molar-refractivity contribution >= 4 is 12.3 Å². The molecule has 0 heterocycles. The van der Waals surface area contributed by atoms with Crippen LogP contribution in [0.1, 0.15) is 15.9 Å². The van der Waals surface area contributed by atoms with Crippen molar-refractivity contribution in [2.45, 2.75) is 0 Å². The molecule has 0 aromatic heterocycles. The minimum absolute atomic E-state index is 0.00381. The Balaban J connectivity index is 2.50. The van der Waals surface area contributed by atoms with Gasteiger partial charge < -0.3 is 20.1 Å². The molecule has 0 saturated carbocycles. The van der Waals surface area contributed by atoms with Crippen molar-refractivity contribution in [3.8, 4) is 23.0 Å². The Hall–Kier alpha value is -3.02. The summed E-state index contributed by atoms with van der Waals surface area (Å²) in [4.78, 5) is 22.7. The summed E-state index contributed by atoms with van der Waals surface area (Å²) in [6, 6.07) is 7.14. The van der Waals surface area contributed by atoms with Gasteiger partial charge in [0.05, 0.1) is 11.1 Å². The van der Waals surface area contributed by atoms with Crippen LogP contribution in [0.15, 0.2) is 36.4 Å². The molecule has 0 aliphatic carbocycles. The number of carbonyl (C=O) groups is 2. The molecule has 0 spiro atoms. The van der Waals surface area contributed by atoms with Crippen molar-refractivity contribution in [3.63, 3.8) is 0 Å². The van der Waals surface area contributed by atoms with Crippen molar-refractivity contribution in [1.82, 2.24) is 0 Å². The molecule has 0 aliphatic heterocycles. The van der Waals surface area contributed by atoms with Gasteiger partial charge >= 0.3 is 0 Å². The standard InChI is InChI=1S/C14H10O6/c15-7-20-13-6-9(17)2-4-11(13)14(19)10-3-1-8(16)5-12(10)18/h1-7,16-18H. The summed E-state index contributed by atoms with van der Waals surface area (Å²) in [5, 5.41) is 28.2. The predicted molar refractivity (Wildman–Crippen MR) is 68.0 cm³/mol. The van der Waals surface area contributed by atoms with Crippen molar-refractivity contribution in [3.05, 3.63) is 47.5 Å². The van der Waals surface area contributed by atoms with Gasteiger partial charge in [0.25, 0.3) is 6.47 Å². The average molecular weight is 274 g/mol. The molecule has 0 fully saturated rings. The Morgan fingerprint density at radius 1 is 0.950 bits per heavy atom. The zero-order valence-electron chi connectivity index (χ0n) is 10.1. The van der Waals surface area contributed by atoms with E-state index in [1.54, 1.807) is 0 Å². The second-order valence-corrected chi connectivity index (χ2v) is 3.93. The molecule has 102 valence electrons. The Kier molecular flexibility index (Phi) is 3.56. The number of carbonyl (C=O) groups excluding carboxylic acids is 2. The zero-order valence-corrected chi connectivity index (χ0v) is 10.1. The first-order chi connectivity index (χ1) is 9.52. The van der Waals surface area contributed by atoms with Gasteiger partial charge in [0.1, 0.15) is 23.0 Å². The second-order valence-electron chi connectivity index (χ2n) is 3.93. The SMILES string of the molecule is O=COc1cc(O)ccc1C(=O)c1ccc(O)cc1O. The minimum Gasteiger partial charge on any atom is -0.508 e. The highest BCUT2D eigenvalue weighted by atomic mass is 16.5. The lowest BCUT2D eigenvalue weighted by molar-refractivity contribution is -0.120. The molecular formula is C14H10O6. The summed E-state index contributed by atoms with van der Waals surface area (Å²) >= 11 is 0. The fraction of sp³-hybridized carbons (Fsp3) is 0. The summed E-state index contributed by atoms with van der Waals surface area (Å²) in [6.07, 6.45) is 0. The van der Waals surface area contributed by atoms with E-state index in [-0.39, 0.29) is 34.8 Å². The van der Waals surface area contributed by atoms with Gasteiger partial charge in [-0.3, -0.25) is 9.59 Å². The molecule has 0 atom stereocenters. The first-order valence-electron chi connectivity index (χ1n) is 5.53. The predicted octanol–water partition coefficient (Wildman–Crippen LogP) is 1.57. The van der Waals surface area contributed by atoms with Gasteiger partial charge in [0.15, 0.2) is 0 Å². The molecule has 0 unspecified atom stereocenters. The number of phenolic OH excluding ortho intramolecular Hbond substituents is 3. The Morgan fingerprint density at radius 3 is 2.15 bits per heavy atom. The zero-order chi connectivity index (χ0) is 14.7. The molecule has 20 heavy (non-hydrogen) atoms. The normalized spacial score (nSPS) is 10.0. The minimum atomic E-state index is -0.612. The smallest absolute Gasteiger partial charge is 0.298 e. The number of benzene rings is 2. The van der Waals surface area contributed by atoms with Gasteiger partial charge in [-0.25, -0.2) is 0 Å². The Labute approximate surface area is 113 Å². The van der Waals surface area contributed by atoms with Gasteiger partial charge in [-0.2, -0.15) is 0 Å².